The molecule has 7 nitrogen and oxygen atoms in total. The first-order valence-electron chi connectivity index (χ1n) is 8.25. The highest BCUT2D eigenvalue weighted by Crippen LogP contribution is 2.22. The number of hydrogen-bond donors (Lipinski definition) is 4. The van der Waals surface area contributed by atoms with Gasteiger partial charge in [0.05, 0.1) is 18.8 Å². The van der Waals surface area contributed by atoms with E-state index < -0.39 is 12.0 Å². The summed E-state index contributed by atoms with van der Waals surface area (Å²) < 4.78 is 4.99. The third kappa shape index (κ3) is 7.71. The molecule has 0 saturated heterocycles. The van der Waals surface area contributed by atoms with Crippen molar-refractivity contribution in [1.82, 2.24) is 10.6 Å². The van der Waals surface area contributed by atoms with Gasteiger partial charge in [0.15, 0.2) is 0 Å². The summed E-state index contributed by atoms with van der Waals surface area (Å²) in [5.41, 5.74) is 0.00930. The zero-order chi connectivity index (χ0) is 17.8. The number of carbonyl (C=O) groups excluding carboxylic acids is 2. The first kappa shape index (κ1) is 19.6. The molecular weight excluding hydrogens is 312 g/mol. The molecule has 7 heteroatoms. The van der Waals surface area contributed by atoms with Crippen LogP contribution in [0.25, 0.3) is 0 Å². The molecule has 4 N–H and O–H groups in total. The number of benzene rings is 1. The Kier molecular flexibility index (Phi) is 9.11. The van der Waals surface area contributed by atoms with Gasteiger partial charge in [-0.2, -0.15) is 0 Å². The quantitative estimate of drug-likeness (QED) is 0.387. The molecule has 0 bridgehead atoms. The number of hydrogen-bond acceptors (Lipinski definition) is 5. The fourth-order valence-corrected chi connectivity index (χ4v) is 2.10. The number of phenols is 2. The summed E-state index contributed by atoms with van der Waals surface area (Å²) in [4.78, 5) is 23.2. The van der Waals surface area contributed by atoms with E-state index in [0.717, 1.165) is 25.3 Å². The van der Waals surface area contributed by atoms with Gasteiger partial charge in [0, 0.05) is 6.07 Å². The second-order valence-electron chi connectivity index (χ2n) is 5.46. The smallest absolute Gasteiger partial charge is 0.408 e. The number of aromatic hydroxyl groups is 2. The van der Waals surface area contributed by atoms with Gasteiger partial charge in [-0.15, -0.1) is 0 Å². The highest BCUT2D eigenvalue weighted by atomic mass is 16.5. The molecule has 0 spiro atoms. The van der Waals surface area contributed by atoms with E-state index in [2.05, 4.69) is 17.6 Å². The van der Waals surface area contributed by atoms with Crippen LogP contribution in [0.2, 0.25) is 0 Å². The Morgan fingerprint density at radius 2 is 1.75 bits per heavy atom. The minimum Gasteiger partial charge on any atom is -0.508 e. The molecule has 2 amide bonds. The van der Waals surface area contributed by atoms with Crippen LogP contribution in [0.1, 0.15) is 55.8 Å². The average Bonchev–Trinajstić information content (AvgIpc) is 2.53. The lowest BCUT2D eigenvalue weighted by Crippen LogP contribution is -2.37. The lowest BCUT2D eigenvalue weighted by Gasteiger charge is -2.09. The molecule has 0 unspecified atom stereocenters. The maximum absolute atomic E-state index is 11.8. The van der Waals surface area contributed by atoms with Crippen molar-refractivity contribution < 1.29 is 24.5 Å². The number of nitrogens with one attached hydrogen (secondary N) is 2. The van der Waals surface area contributed by atoms with E-state index >= 15 is 0 Å². The molecule has 24 heavy (non-hydrogen) atoms. The number of carbonyl (C=O) groups is 2. The lowest BCUT2D eigenvalue weighted by atomic mass is 10.1. The first-order chi connectivity index (χ1) is 11.5. The molecule has 1 aromatic carbocycles. The highest BCUT2D eigenvalue weighted by molar-refractivity contribution is 5.97. The molecule has 134 valence electrons. The van der Waals surface area contributed by atoms with Gasteiger partial charge in [0.2, 0.25) is 0 Å². The molecule has 0 aliphatic rings. The monoisotopic (exact) mass is 338 g/mol. The van der Waals surface area contributed by atoms with E-state index in [9.17, 15) is 14.7 Å². The summed E-state index contributed by atoms with van der Waals surface area (Å²) in [5.74, 6) is -1.04. The van der Waals surface area contributed by atoms with Gasteiger partial charge in [0.25, 0.3) is 5.91 Å². The molecule has 0 atom stereocenters. The number of phenolic OH excluding ortho intramolecular Hbond substituents is 2. The van der Waals surface area contributed by atoms with Gasteiger partial charge in [-0.25, -0.2) is 4.79 Å². The van der Waals surface area contributed by atoms with Crippen molar-refractivity contribution in [2.75, 3.05) is 13.3 Å². The molecule has 0 fully saturated rings. The standard InChI is InChI=1S/C17H26N2O5/c1-2-3-4-5-6-7-10-24-17(23)19-12-18-16(22)14-9-8-13(20)11-15(14)21/h8-9,11,20-21H,2-7,10,12H2,1H3,(H,18,22)(H,19,23). The zero-order valence-corrected chi connectivity index (χ0v) is 14.0. The van der Waals surface area contributed by atoms with Crippen molar-refractivity contribution in [2.24, 2.45) is 0 Å². The molecule has 1 aromatic rings. The predicted molar refractivity (Wildman–Crippen MR) is 90.0 cm³/mol. The second-order valence-corrected chi connectivity index (χ2v) is 5.46. The second kappa shape index (κ2) is 11.2. The summed E-state index contributed by atoms with van der Waals surface area (Å²) in [5, 5.41) is 23.5. The normalized spacial score (nSPS) is 10.2. The Bertz CT molecular complexity index is 534. The van der Waals surface area contributed by atoms with Crippen LogP contribution in [0.5, 0.6) is 11.5 Å². The summed E-state index contributed by atoms with van der Waals surface area (Å²) >= 11 is 0. The Morgan fingerprint density at radius 1 is 1.04 bits per heavy atom. The molecule has 0 aliphatic carbocycles. The maximum atomic E-state index is 11.8. The average molecular weight is 338 g/mol. The summed E-state index contributed by atoms with van der Waals surface area (Å²) in [6.45, 7) is 2.40. The predicted octanol–water partition coefficient (Wildman–Crippen LogP) is 2.87. The van der Waals surface area contributed by atoms with Crippen LogP contribution >= 0.6 is 0 Å². The first-order valence-corrected chi connectivity index (χ1v) is 8.25. The molecule has 0 saturated carbocycles. The van der Waals surface area contributed by atoms with Crippen LogP contribution in [-0.2, 0) is 4.74 Å². The molecule has 1 rings (SSSR count). The van der Waals surface area contributed by atoms with E-state index in [-0.39, 0.29) is 23.7 Å². The number of unbranched alkanes of at least 4 members (excludes halogenated alkanes) is 5. The molecular formula is C17H26N2O5. The van der Waals surface area contributed by atoms with Crippen molar-refractivity contribution in [3.63, 3.8) is 0 Å². The van der Waals surface area contributed by atoms with E-state index in [1.807, 2.05) is 0 Å². The maximum Gasteiger partial charge on any atom is 0.408 e. The summed E-state index contributed by atoms with van der Waals surface area (Å²) in [6.07, 6.45) is 6.04. The van der Waals surface area contributed by atoms with Crippen LogP contribution < -0.4 is 10.6 Å². The Hall–Kier alpha value is -2.44. The van der Waals surface area contributed by atoms with Gasteiger partial charge >= 0.3 is 6.09 Å². The van der Waals surface area contributed by atoms with Crippen molar-refractivity contribution in [2.45, 2.75) is 45.4 Å². The van der Waals surface area contributed by atoms with Crippen LogP contribution in [-0.4, -0.2) is 35.5 Å². The molecule has 0 aliphatic heterocycles. The Morgan fingerprint density at radius 3 is 2.46 bits per heavy atom. The van der Waals surface area contributed by atoms with Crippen LogP contribution in [0, 0.1) is 0 Å². The number of rotatable bonds is 10. The third-order valence-electron chi connectivity index (χ3n) is 3.44. The van der Waals surface area contributed by atoms with E-state index in [1.165, 1.54) is 31.4 Å². The third-order valence-corrected chi connectivity index (χ3v) is 3.44. The van der Waals surface area contributed by atoms with Crippen LogP contribution in [0.4, 0.5) is 4.79 Å². The number of alkyl carbamates (subject to hydrolysis) is 1. The van der Waals surface area contributed by atoms with Gasteiger partial charge < -0.3 is 25.6 Å². The van der Waals surface area contributed by atoms with Crippen LogP contribution in [0.15, 0.2) is 18.2 Å². The topological polar surface area (TPSA) is 108 Å². The SMILES string of the molecule is CCCCCCCCOC(=O)NCNC(=O)c1ccc(O)cc1O. The van der Waals surface area contributed by atoms with Gasteiger partial charge in [0.1, 0.15) is 11.5 Å². The minimum absolute atomic E-state index is 0.00930. The minimum atomic E-state index is -0.598. The fraction of sp³-hybridized carbons (Fsp3) is 0.529. The van der Waals surface area contributed by atoms with Gasteiger partial charge in [-0.3, -0.25) is 4.79 Å². The number of amides is 2. The molecule has 0 radical (unpaired) electrons. The van der Waals surface area contributed by atoms with Crippen molar-refractivity contribution in [1.29, 1.82) is 0 Å². The summed E-state index contributed by atoms with van der Waals surface area (Å²) in [6, 6.07) is 3.64. The van der Waals surface area contributed by atoms with Gasteiger partial charge in [-0.1, -0.05) is 39.0 Å². The Balaban J connectivity index is 2.13. The van der Waals surface area contributed by atoms with E-state index in [0.29, 0.717) is 6.61 Å². The number of ether oxygens (including phenoxy) is 1. The van der Waals surface area contributed by atoms with Crippen molar-refractivity contribution in [3.8, 4) is 11.5 Å². The van der Waals surface area contributed by atoms with E-state index in [1.54, 1.807) is 0 Å². The molecule has 0 aromatic heterocycles. The largest absolute Gasteiger partial charge is 0.508 e. The van der Waals surface area contributed by atoms with Crippen molar-refractivity contribution in [3.05, 3.63) is 23.8 Å². The van der Waals surface area contributed by atoms with Crippen LogP contribution in [0.3, 0.4) is 0 Å². The van der Waals surface area contributed by atoms with E-state index in [4.69, 9.17) is 9.84 Å². The Labute approximate surface area is 142 Å². The van der Waals surface area contributed by atoms with Crippen molar-refractivity contribution >= 4 is 12.0 Å². The summed E-state index contributed by atoms with van der Waals surface area (Å²) in [7, 11) is 0. The zero-order valence-electron chi connectivity index (χ0n) is 14.0. The molecule has 0 heterocycles. The van der Waals surface area contributed by atoms with Gasteiger partial charge in [-0.05, 0) is 18.6 Å². The fourth-order valence-electron chi connectivity index (χ4n) is 2.10. The highest BCUT2D eigenvalue weighted by Gasteiger charge is 2.11. The lowest BCUT2D eigenvalue weighted by molar-refractivity contribution is 0.0945.